The van der Waals surface area contributed by atoms with E-state index in [-0.39, 0.29) is 22.1 Å². The zero-order valence-electron chi connectivity index (χ0n) is 15.3. The maximum atomic E-state index is 12.8. The van der Waals surface area contributed by atoms with Gasteiger partial charge in [-0.25, -0.2) is 0 Å². The van der Waals surface area contributed by atoms with Gasteiger partial charge in [-0.2, -0.15) is 8.42 Å². The molecule has 1 aliphatic heterocycles. The lowest BCUT2D eigenvalue weighted by atomic mass is 9.94. The van der Waals surface area contributed by atoms with Crippen LogP contribution in [0.25, 0.3) is 0 Å². The number of hydrogen-bond acceptors (Lipinski definition) is 4. The van der Waals surface area contributed by atoms with Crippen LogP contribution in [0.5, 0.6) is 0 Å². The molecule has 0 bridgehead atoms. The third kappa shape index (κ3) is 3.98. The summed E-state index contributed by atoms with van der Waals surface area (Å²) in [6.45, 7) is 3.98. The van der Waals surface area contributed by atoms with Gasteiger partial charge >= 0.3 is 0 Å². The highest BCUT2D eigenvalue weighted by atomic mass is 32.2. The van der Waals surface area contributed by atoms with Crippen LogP contribution in [-0.2, 0) is 21.2 Å². The van der Waals surface area contributed by atoms with E-state index in [1.54, 1.807) is 17.0 Å². The quantitative estimate of drug-likeness (QED) is 0.757. The molecule has 1 aliphatic carbocycles. The Bertz CT molecular complexity index is 782. The summed E-state index contributed by atoms with van der Waals surface area (Å²) >= 11 is 1.30. The minimum Gasteiger partial charge on any atom is -0.287 e. The molecule has 1 saturated carbocycles. The van der Waals surface area contributed by atoms with Crippen molar-refractivity contribution in [1.82, 2.24) is 4.90 Å². The molecule has 142 valence electrons. The number of carbonyl (C=O) groups excluding carboxylic acids is 1. The van der Waals surface area contributed by atoms with Gasteiger partial charge < -0.3 is 0 Å². The van der Waals surface area contributed by atoms with Crippen molar-refractivity contribution in [3.63, 3.8) is 0 Å². The van der Waals surface area contributed by atoms with E-state index in [0.29, 0.717) is 11.6 Å². The predicted octanol–water partition coefficient (Wildman–Crippen LogP) is 3.98. The lowest BCUT2D eigenvalue weighted by molar-refractivity contribution is -0.128. The SMILES string of the molecule is CCc1ccc(S(=O)(=O)N=C2SC(CC)C(=O)N2C2CCCCC2)cc1. The van der Waals surface area contributed by atoms with E-state index in [0.717, 1.165) is 37.7 Å². The van der Waals surface area contributed by atoms with Crippen molar-refractivity contribution in [2.24, 2.45) is 4.40 Å². The fraction of sp³-hybridized carbons (Fsp3) is 0.579. The van der Waals surface area contributed by atoms with E-state index in [9.17, 15) is 13.2 Å². The Hall–Kier alpha value is -1.34. The topological polar surface area (TPSA) is 66.8 Å². The van der Waals surface area contributed by atoms with Crippen molar-refractivity contribution < 1.29 is 13.2 Å². The van der Waals surface area contributed by atoms with Gasteiger partial charge in [0.25, 0.3) is 10.0 Å². The molecule has 1 heterocycles. The Morgan fingerprint density at radius 3 is 2.35 bits per heavy atom. The zero-order chi connectivity index (χ0) is 18.7. The van der Waals surface area contributed by atoms with Crippen LogP contribution in [0.1, 0.15) is 57.9 Å². The van der Waals surface area contributed by atoms with E-state index in [2.05, 4.69) is 4.40 Å². The third-order valence-electron chi connectivity index (χ3n) is 5.10. The van der Waals surface area contributed by atoms with Crippen LogP contribution in [0.3, 0.4) is 0 Å². The molecule has 1 aromatic carbocycles. The predicted molar refractivity (Wildman–Crippen MR) is 106 cm³/mol. The second kappa shape index (κ2) is 8.13. The Balaban J connectivity index is 1.93. The van der Waals surface area contributed by atoms with Gasteiger partial charge in [-0.3, -0.25) is 9.69 Å². The van der Waals surface area contributed by atoms with Crippen molar-refractivity contribution >= 4 is 32.9 Å². The molecular weight excluding hydrogens is 368 g/mol. The number of aryl methyl sites for hydroxylation is 1. The second-order valence-electron chi connectivity index (χ2n) is 6.86. The van der Waals surface area contributed by atoms with Gasteiger partial charge in [0.2, 0.25) is 5.91 Å². The molecule has 0 N–H and O–H groups in total. The summed E-state index contributed by atoms with van der Waals surface area (Å²) in [5, 5.41) is 0.127. The Morgan fingerprint density at radius 2 is 1.77 bits per heavy atom. The summed E-state index contributed by atoms with van der Waals surface area (Å²) in [5.74, 6) is 0.0136. The standard InChI is InChI=1S/C19H26N2O3S2/c1-3-14-10-12-16(13-11-14)26(23,24)20-19-21(15-8-6-5-7-9-15)18(22)17(4-2)25-19/h10-13,15,17H,3-9H2,1-2H3. The first kappa shape index (κ1) is 19.4. The van der Waals surface area contributed by atoms with Gasteiger partial charge in [-0.15, -0.1) is 4.40 Å². The van der Waals surface area contributed by atoms with E-state index < -0.39 is 10.0 Å². The van der Waals surface area contributed by atoms with Crippen molar-refractivity contribution in [1.29, 1.82) is 0 Å². The number of amides is 1. The van der Waals surface area contributed by atoms with E-state index in [1.807, 2.05) is 26.0 Å². The summed E-state index contributed by atoms with van der Waals surface area (Å²) in [6, 6.07) is 6.91. The van der Waals surface area contributed by atoms with Crippen LogP contribution < -0.4 is 0 Å². The first-order chi connectivity index (χ1) is 12.5. The number of nitrogens with zero attached hydrogens (tertiary/aromatic N) is 2. The minimum atomic E-state index is -3.82. The molecule has 2 aliphatic rings. The fourth-order valence-corrected chi connectivity index (χ4v) is 5.87. The number of rotatable bonds is 5. The molecule has 5 nitrogen and oxygen atoms in total. The zero-order valence-corrected chi connectivity index (χ0v) is 17.0. The minimum absolute atomic E-state index is 0.0136. The van der Waals surface area contributed by atoms with Crippen molar-refractivity contribution in [3.05, 3.63) is 29.8 Å². The summed E-state index contributed by atoms with van der Waals surface area (Å²) in [5.41, 5.74) is 1.08. The molecule has 0 spiro atoms. The van der Waals surface area contributed by atoms with Gasteiger partial charge in [0.1, 0.15) is 0 Å². The highest BCUT2D eigenvalue weighted by Crippen LogP contribution is 2.36. The molecule has 1 atom stereocenters. The molecule has 7 heteroatoms. The number of sulfonamides is 1. The lowest BCUT2D eigenvalue weighted by Crippen LogP contribution is -2.42. The number of hydrogen-bond donors (Lipinski definition) is 0. The first-order valence-corrected chi connectivity index (χ1v) is 11.7. The van der Waals surface area contributed by atoms with Crippen LogP contribution in [0.2, 0.25) is 0 Å². The molecule has 0 aromatic heterocycles. The van der Waals surface area contributed by atoms with E-state index in [1.165, 1.54) is 18.2 Å². The van der Waals surface area contributed by atoms with Gasteiger partial charge in [0, 0.05) is 6.04 Å². The highest BCUT2D eigenvalue weighted by molar-refractivity contribution is 8.16. The first-order valence-electron chi connectivity index (χ1n) is 9.40. The van der Waals surface area contributed by atoms with Crippen LogP contribution in [0.4, 0.5) is 0 Å². The Kier molecular flexibility index (Phi) is 6.07. The van der Waals surface area contributed by atoms with Crippen LogP contribution in [0, 0.1) is 0 Å². The van der Waals surface area contributed by atoms with E-state index >= 15 is 0 Å². The third-order valence-corrected chi connectivity index (χ3v) is 7.82. The summed E-state index contributed by atoms with van der Waals surface area (Å²) in [7, 11) is -3.82. The second-order valence-corrected chi connectivity index (χ2v) is 9.64. The number of carbonyl (C=O) groups is 1. The summed E-state index contributed by atoms with van der Waals surface area (Å²) in [4.78, 5) is 14.6. The summed E-state index contributed by atoms with van der Waals surface area (Å²) in [6.07, 6.45) is 6.71. The van der Waals surface area contributed by atoms with Gasteiger partial charge in [0.15, 0.2) is 5.17 Å². The maximum absolute atomic E-state index is 12.8. The normalized spacial score (nSPS) is 23.8. The molecule has 1 unspecified atom stereocenters. The Morgan fingerprint density at radius 1 is 1.12 bits per heavy atom. The monoisotopic (exact) mass is 394 g/mol. The summed E-state index contributed by atoms with van der Waals surface area (Å²) < 4.78 is 29.7. The Labute approximate surface area is 160 Å². The fourth-order valence-electron chi connectivity index (χ4n) is 3.54. The number of benzene rings is 1. The van der Waals surface area contributed by atoms with Crippen molar-refractivity contribution in [3.8, 4) is 0 Å². The maximum Gasteiger partial charge on any atom is 0.284 e. The van der Waals surface area contributed by atoms with Gasteiger partial charge in [-0.05, 0) is 43.4 Å². The molecule has 1 aromatic rings. The molecule has 1 saturated heterocycles. The van der Waals surface area contributed by atoms with Gasteiger partial charge in [-0.1, -0.05) is 57.0 Å². The molecule has 3 rings (SSSR count). The molecular formula is C19H26N2O3S2. The molecule has 2 fully saturated rings. The average molecular weight is 395 g/mol. The number of thioether (sulfide) groups is 1. The van der Waals surface area contributed by atoms with E-state index in [4.69, 9.17) is 0 Å². The number of amidine groups is 1. The molecule has 0 radical (unpaired) electrons. The molecule has 26 heavy (non-hydrogen) atoms. The smallest absolute Gasteiger partial charge is 0.284 e. The lowest BCUT2D eigenvalue weighted by Gasteiger charge is -2.30. The van der Waals surface area contributed by atoms with Crippen LogP contribution in [-0.4, -0.2) is 35.7 Å². The average Bonchev–Trinajstić information content (AvgIpc) is 2.97. The molecule has 1 amide bonds. The van der Waals surface area contributed by atoms with Crippen molar-refractivity contribution in [2.75, 3.05) is 0 Å². The largest absolute Gasteiger partial charge is 0.287 e. The van der Waals surface area contributed by atoms with Crippen LogP contribution >= 0.6 is 11.8 Å². The van der Waals surface area contributed by atoms with Crippen LogP contribution in [0.15, 0.2) is 33.6 Å². The highest BCUT2D eigenvalue weighted by Gasteiger charge is 2.42. The van der Waals surface area contributed by atoms with Crippen molar-refractivity contribution in [2.45, 2.75) is 75.0 Å². The van der Waals surface area contributed by atoms with Gasteiger partial charge in [0.05, 0.1) is 10.1 Å².